The van der Waals surface area contributed by atoms with Crippen molar-refractivity contribution in [2.75, 3.05) is 7.11 Å². The number of carbonyl (C=O) groups excluding carboxylic acids is 2. The molecule has 37 heavy (non-hydrogen) atoms. The molecule has 0 aliphatic rings. The van der Waals surface area contributed by atoms with E-state index in [0.717, 1.165) is 67.5 Å². The van der Waals surface area contributed by atoms with E-state index in [4.69, 9.17) is 4.74 Å². The number of methoxy groups -OCH3 is 1. The molecule has 0 fully saturated rings. The third-order valence-electron chi connectivity index (χ3n) is 6.39. The normalized spacial score (nSPS) is 10.8. The Morgan fingerprint density at radius 3 is 2.22 bits per heavy atom. The Bertz CT molecular complexity index is 1320. The van der Waals surface area contributed by atoms with Crippen molar-refractivity contribution in [3.63, 3.8) is 0 Å². The maximum absolute atomic E-state index is 13.1. The van der Waals surface area contributed by atoms with Crippen molar-refractivity contribution in [3.8, 4) is 22.4 Å². The minimum atomic E-state index is -0.407. The number of unbranched alkanes of at least 4 members (excludes halogenated alkanes) is 5. The molecule has 0 radical (unpaired) electrons. The van der Waals surface area contributed by atoms with Crippen molar-refractivity contribution in [1.82, 2.24) is 20.0 Å². The van der Waals surface area contributed by atoms with Gasteiger partial charge in [-0.05, 0) is 42.2 Å². The Morgan fingerprint density at radius 1 is 0.811 bits per heavy atom. The fourth-order valence-electron chi connectivity index (χ4n) is 4.42. The quantitative estimate of drug-likeness (QED) is 0.121. The van der Waals surface area contributed by atoms with Crippen molar-refractivity contribution in [2.24, 2.45) is 0 Å². The van der Waals surface area contributed by atoms with E-state index in [1.54, 1.807) is 24.5 Å². The number of hydrogen-bond acceptors (Lipinski definition) is 6. The number of esters is 1. The number of rotatable bonds is 13. The number of aromatic nitrogens is 4. The first-order valence-corrected chi connectivity index (χ1v) is 12.8. The zero-order valence-electron chi connectivity index (χ0n) is 21.2. The highest BCUT2D eigenvalue weighted by molar-refractivity contribution is 6.05. The van der Waals surface area contributed by atoms with Crippen LogP contribution >= 0.6 is 0 Å². The van der Waals surface area contributed by atoms with E-state index in [9.17, 15) is 9.59 Å². The Kier molecular flexibility index (Phi) is 9.29. The Hall–Kier alpha value is -4.13. The lowest BCUT2D eigenvalue weighted by atomic mass is 9.92. The van der Waals surface area contributed by atoms with Gasteiger partial charge in [-0.1, -0.05) is 73.4 Å². The first-order valence-electron chi connectivity index (χ1n) is 12.8. The average molecular weight is 497 g/mol. The summed E-state index contributed by atoms with van der Waals surface area (Å²) in [5, 5.41) is 8.44. The highest BCUT2D eigenvalue weighted by atomic mass is 16.5. The van der Waals surface area contributed by atoms with Crippen molar-refractivity contribution in [3.05, 3.63) is 90.4 Å². The van der Waals surface area contributed by atoms with E-state index in [1.807, 2.05) is 59.4 Å². The molecule has 0 unspecified atom stereocenters. The van der Waals surface area contributed by atoms with E-state index in [1.165, 1.54) is 7.11 Å². The Morgan fingerprint density at radius 2 is 1.49 bits per heavy atom. The van der Waals surface area contributed by atoms with Crippen LogP contribution in [0.3, 0.4) is 0 Å². The smallest absolute Gasteiger partial charge is 0.338 e. The van der Waals surface area contributed by atoms with E-state index in [2.05, 4.69) is 15.3 Å². The summed E-state index contributed by atoms with van der Waals surface area (Å²) in [6.07, 6.45) is 12.2. The summed E-state index contributed by atoms with van der Waals surface area (Å²) in [5.74, 6) is -0.304. The van der Waals surface area contributed by atoms with E-state index in [-0.39, 0.29) is 5.78 Å². The third-order valence-corrected chi connectivity index (χ3v) is 6.39. The van der Waals surface area contributed by atoms with E-state index >= 15 is 0 Å². The lowest BCUT2D eigenvalue weighted by Gasteiger charge is -2.12. The van der Waals surface area contributed by atoms with Crippen molar-refractivity contribution in [2.45, 2.75) is 51.5 Å². The number of Topliss-reactive ketones (excluding diaryl/α,β-unsaturated/α-hetero) is 1. The van der Waals surface area contributed by atoms with Crippen LogP contribution in [0, 0.1) is 0 Å². The second-order valence-corrected chi connectivity index (χ2v) is 8.99. The summed E-state index contributed by atoms with van der Waals surface area (Å²) in [4.78, 5) is 29.4. The van der Waals surface area contributed by atoms with Gasteiger partial charge in [-0.25, -0.2) is 4.79 Å². The molecule has 2 aromatic heterocycles. The number of pyridine rings is 1. The topological polar surface area (TPSA) is 87.0 Å². The number of nitrogens with zero attached hydrogens (tertiary/aromatic N) is 4. The summed E-state index contributed by atoms with van der Waals surface area (Å²) >= 11 is 0. The van der Waals surface area contributed by atoms with Crippen LogP contribution in [0.5, 0.6) is 0 Å². The molecule has 0 saturated heterocycles. The molecule has 0 aliphatic heterocycles. The summed E-state index contributed by atoms with van der Waals surface area (Å²) in [7, 11) is 1.37. The molecular formula is C30H32N4O3. The SMILES string of the molecule is COC(=O)c1ccccc1-c1ccccc1C(=O)CCCCCCCCn1cc(-c2cccnc2)nn1. The van der Waals surface area contributed by atoms with Crippen molar-refractivity contribution in [1.29, 1.82) is 0 Å². The number of ketones is 1. The minimum absolute atomic E-state index is 0.103. The van der Waals surface area contributed by atoms with E-state index < -0.39 is 5.97 Å². The highest BCUT2D eigenvalue weighted by Gasteiger charge is 2.18. The predicted molar refractivity (Wildman–Crippen MR) is 143 cm³/mol. The fourth-order valence-corrected chi connectivity index (χ4v) is 4.42. The van der Waals surface area contributed by atoms with Gasteiger partial charge in [0.05, 0.1) is 18.9 Å². The number of ether oxygens (including phenoxy) is 1. The fraction of sp³-hybridized carbons (Fsp3) is 0.300. The molecule has 0 bridgehead atoms. The van der Waals surface area contributed by atoms with Crippen LogP contribution in [0.15, 0.2) is 79.3 Å². The lowest BCUT2D eigenvalue weighted by Crippen LogP contribution is -2.06. The van der Waals surface area contributed by atoms with Crippen LogP contribution in [0.4, 0.5) is 0 Å². The van der Waals surface area contributed by atoms with Gasteiger partial charge < -0.3 is 4.74 Å². The number of carbonyl (C=O) groups is 2. The molecule has 7 heteroatoms. The van der Waals surface area contributed by atoms with Gasteiger partial charge in [0.1, 0.15) is 5.69 Å². The van der Waals surface area contributed by atoms with Gasteiger partial charge in [0.2, 0.25) is 0 Å². The Labute approximate surface area is 217 Å². The second kappa shape index (κ2) is 13.3. The maximum Gasteiger partial charge on any atom is 0.338 e. The lowest BCUT2D eigenvalue weighted by molar-refractivity contribution is 0.0601. The minimum Gasteiger partial charge on any atom is -0.465 e. The molecule has 0 saturated carbocycles. The van der Waals surface area contributed by atoms with Gasteiger partial charge in [-0.2, -0.15) is 0 Å². The summed E-state index contributed by atoms with van der Waals surface area (Å²) in [5.41, 5.74) is 4.42. The first kappa shape index (κ1) is 25.9. The Balaban J connectivity index is 1.19. The molecule has 7 nitrogen and oxygen atoms in total. The van der Waals surface area contributed by atoms with Gasteiger partial charge in [-0.15, -0.1) is 5.10 Å². The van der Waals surface area contributed by atoms with Gasteiger partial charge in [0, 0.05) is 36.5 Å². The van der Waals surface area contributed by atoms with Crippen molar-refractivity contribution >= 4 is 11.8 Å². The average Bonchev–Trinajstić information content (AvgIpc) is 3.43. The molecule has 0 aliphatic carbocycles. The summed E-state index contributed by atoms with van der Waals surface area (Å²) in [6, 6.07) is 18.6. The van der Waals surface area contributed by atoms with Gasteiger partial charge in [-0.3, -0.25) is 14.5 Å². The third kappa shape index (κ3) is 6.97. The zero-order chi connectivity index (χ0) is 25.9. The molecule has 4 aromatic rings. The van der Waals surface area contributed by atoms with E-state index in [0.29, 0.717) is 17.5 Å². The number of benzene rings is 2. The van der Waals surface area contributed by atoms with Crippen LogP contribution in [0.2, 0.25) is 0 Å². The highest BCUT2D eigenvalue weighted by Crippen LogP contribution is 2.29. The van der Waals surface area contributed by atoms with Crippen LogP contribution < -0.4 is 0 Å². The van der Waals surface area contributed by atoms with Gasteiger partial charge in [0.25, 0.3) is 0 Å². The molecule has 0 spiro atoms. The van der Waals surface area contributed by atoms with Crippen LogP contribution in [0.1, 0.15) is 65.7 Å². The monoisotopic (exact) mass is 496 g/mol. The maximum atomic E-state index is 13.1. The van der Waals surface area contributed by atoms with Crippen LogP contribution in [-0.4, -0.2) is 38.8 Å². The number of hydrogen-bond donors (Lipinski definition) is 0. The molecule has 190 valence electrons. The predicted octanol–water partition coefficient (Wildman–Crippen LogP) is 6.41. The van der Waals surface area contributed by atoms with Crippen molar-refractivity contribution < 1.29 is 14.3 Å². The molecule has 0 N–H and O–H groups in total. The molecule has 0 amide bonds. The molecular weight excluding hydrogens is 464 g/mol. The van der Waals surface area contributed by atoms with Crippen LogP contribution in [-0.2, 0) is 11.3 Å². The van der Waals surface area contributed by atoms with Gasteiger partial charge >= 0.3 is 5.97 Å². The molecule has 4 rings (SSSR count). The molecule has 2 heterocycles. The number of aryl methyl sites for hydroxylation is 1. The molecule has 0 atom stereocenters. The molecule has 2 aromatic carbocycles. The standard InChI is InChI=1S/C30H32N4O3/c1-37-30(36)27-17-10-8-15-25(27)24-14-7-9-16-26(24)29(35)18-6-4-2-3-5-11-20-34-22-28(32-33-34)23-13-12-19-31-21-23/h7-10,12-17,19,21-22H,2-6,11,18,20H2,1H3. The summed E-state index contributed by atoms with van der Waals surface area (Å²) in [6.45, 7) is 0.843. The largest absolute Gasteiger partial charge is 0.465 e. The second-order valence-electron chi connectivity index (χ2n) is 8.99. The first-order chi connectivity index (χ1) is 18.2. The van der Waals surface area contributed by atoms with Crippen LogP contribution in [0.25, 0.3) is 22.4 Å². The van der Waals surface area contributed by atoms with Gasteiger partial charge in [0.15, 0.2) is 5.78 Å². The summed E-state index contributed by atoms with van der Waals surface area (Å²) < 4.78 is 6.81. The zero-order valence-corrected chi connectivity index (χ0v) is 21.2.